The van der Waals surface area contributed by atoms with Gasteiger partial charge in [-0.1, -0.05) is 109 Å². The van der Waals surface area contributed by atoms with Crippen LogP contribution in [0.3, 0.4) is 0 Å². The fourth-order valence-corrected chi connectivity index (χ4v) is 5.50. The fraction of sp³-hybridized carbons (Fsp3) is 0. The fourth-order valence-electron chi connectivity index (χ4n) is 3.52. The van der Waals surface area contributed by atoms with Crippen molar-refractivity contribution >= 4 is 30.8 Å². The Hall–Kier alpha value is -5.19. The Bertz CT molecular complexity index is 1320. The van der Waals surface area contributed by atoms with Crippen LogP contribution < -0.4 is 27.1 Å². The molecule has 0 bridgehead atoms. The first kappa shape index (κ1) is 40.0. The quantitative estimate of drug-likeness (QED) is 0.0907. The molecule has 6 aromatic rings. The van der Waals surface area contributed by atoms with Crippen LogP contribution in [0.5, 0.6) is 34.5 Å². The van der Waals surface area contributed by atoms with Crippen molar-refractivity contribution in [3.8, 4) is 34.5 Å². The van der Waals surface area contributed by atoms with Gasteiger partial charge in [-0.05, 0) is 72.8 Å². The van der Waals surface area contributed by atoms with Gasteiger partial charge in [0.25, 0.3) is 13.6 Å². The summed E-state index contributed by atoms with van der Waals surface area (Å²) in [7, 11) is -3.18. The van der Waals surface area contributed by atoms with Crippen LogP contribution in [0.15, 0.2) is 182 Å². The van der Waals surface area contributed by atoms with Crippen LogP contribution in [0, 0.1) is 0 Å². The van der Waals surface area contributed by atoms with Crippen molar-refractivity contribution in [1.82, 2.24) is 0 Å². The molecule has 0 unspecified atom stereocenters. The van der Waals surface area contributed by atoms with Gasteiger partial charge >= 0.3 is 17.2 Å². The summed E-state index contributed by atoms with van der Waals surface area (Å²) in [4.78, 5) is 15.0. The molecule has 0 atom stereocenters. The Kier molecular flexibility index (Phi) is 20.3. The van der Waals surface area contributed by atoms with Crippen LogP contribution in [0.2, 0.25) is 0 Å². The molecular weight excluding hydrogens is 705 g/mol. The predicted molar refractivity (Wildman–Crippen MR) is 188 cm³/mol. The van der Waals surface area contributed by atoms with Crippen molar-refractivity contribution in [2.45, 2.75) is 0 Å². The first-order valence-electron chi connectivity index (χ1n) is 14.2. The average Bonchev–Trinajstić information content (AvgIpc) is 3.16. The minimum absolute atomic E-state index is 0. The monoisotopic (exact) mass is 734 g/mol. The summed E-state index contributed by atoms with van der Waals surface area (Å²) < 4.78 is 35.1. The van der Waals surface area contributed by atoms with E-state index in [0.29, 0.717) is 34.5 Å². The molecule has 0 amide bonds. The number of rotatable bonds is 12. The number of carbonyl (C=O) groups excluding carboxylic acids is 2. The molecule has 0 aliphatic heterocycles. The van der Waals surface area contributed by atoms with Gasteiger partial charge in [-0.25, -0.2) is 0 Å². The standard InChI is InChI=1S/2C18H15O3P.2CO.Ni/c2*1-4-10-16(11-5-1)19-22(20-17-12-6-2-7-13-17)21-18-14-8-3-9-15-18;2*1-2;/h2*1-15H;;;. The van der Waals surface area contributed by atoms with E-state index in [1.807, 2.05) is 182 Å². The smallest absolute Gasteiger partial charge is 0.409 e. The van der Waals surface area contributed by atoms with E-state index in [-0.39, 0.29) is 16.5 Å². The molecule has 0 aliphatic carbocycles. The van der Waals surface area contributed by atoms with E-state index < -0.39 is 17.2 Å². The third kappa shape index (κ3) is 16.0. The van der Waals surface area contributed by atoms with Crippen LogP contribution in [0.25, 0.3) is 0 Å². The number of para-hydroxylation sites is 6. The Labute approximate surface area is 299 Å². The summed E-state index contributed by atoms with van der Waals surface area (Å²) in [6, 6.07) is 57.0. The van der Waals surface area contributed by atoms with Crippen molar-refractivity contribution < 1.29 is 53.2 Å². The molecule has 0 spiro atoms. The van der Waals surface area contributed by atoms with E-state index in [2.05, 4.69) is 13.6 Å². The average molecular weight is 735 g/mol. The Morgan fingerprint density at radius 1 is 0.265 bits per heavy atom. The van der Waals surface area contributed by atoms with E-state index in [1.165, 1.54) is 0 Å². The van der Waals surface area contributed by atoms with Gasteiger partial charge in [-0.2, -0.15) is 0 Å². The SMILES string of the molecule is [C]=O.[C]=O.[Ni].c1ccc(OP(Oc2ccccc2)Oc2ccccc2)cc1.c1ccc(OP(Oc2ccccc2)Oc2ccccc2)cc1. The second kappa shape index (κ2) is 24.9. The maximum absolute atomic E-state index is 7.50. The molecule has 8 nitrogen and oxygen atoms in total. The third-order valence-corrected chi connectivity index (χ3v) is 7.70. The Morgan fingerprint density at radius 2 is 0.388 bits per heavy atom. The molecule has 6 aromatic carbocycles. The number of hydrogen-bond donors (Lipinski definition) is 0. The molecule has 0 aromatic heterocycles. The Morgan fingerprint density at radius 3 is 0.510 bits per heavy atom. The van der Waals surface area contributed by atoms with Crippen molar-refractivity contribution in [3.05, 3.63) is 182 Å². The first-order chi connectivity index (χ1) is 23.8. The van der Waals surface area contributed by atoms with E-state index >= 15 is 0 Å². The third-order valence-electron chi connectivity index (χ3n) is 5.54. The number of hydrogen-bond acceptors (Lipinski definition) is 8. The number of benzene rings is 6. The molecule has 250 valence electrons. The zero-order valence-electron chi connectivity index (χ0n) is 25.8. The van der Waals surface area contributed by atoms with Gasteiger partial charge in [0.2, 0.25) is 0 Å². The molecule has 0 aliphatic rings. The molecule has 11 heteroatoms. The van der Waals surface area contributed by atoms with Crippen LogP contribution in [0.1, 0.15) is 0 Å². The minimum atomic E-state index is -1.59. The summed E-state index contributed by atoms with van der Waals surface area (Å²) >= 11 is 0. The summed E-state index contributed by atoms with van der Waals surface area (Å²) in [6.45, 7) is 9.00. The van der Waals surface area contributed by atoms with Crippen molar-refractivity contribution in [1.29, 1.82) is 0 Å². The van der Waals surface area contributed by atoms with Gasteiger partial charge in [-0.15, -0.1) is 0 Å². The largest absolute Gasteiger partial charge is 0.530 e. The zero-order valence-corrected chi connectivity index (χ0v) is 28.6. The van der Waals surface area contributed by atoms with Crippen LogP contribution in [-0.4, -0.2) is 13.6 Å². The molecule has 4 radical (unpaired) electrons. The first-order valence-corrected chi connectivity index (χ1v) is 16.4. The van der Waals surface area contributed by atoms with Crippen molar-refractivity contribution in [2.75, 3.05) is 0 Å². The predicted octanol–water partition coefficient (Wildman–Crippen LogP) is 10.1. The summed E-state index contributed by atoms with van der Waals surface area (Å²) in [5.74, 6) is 4.25. The molecular formula is C38H30NiO8P2. The van der Waals surface area contributed by atoms with Gasteiger partial charge in [-0.3, -0.25) is 9.59 Å². The van der Waals surface area contributed by atoms with Crippen LogP contribution in [0.4, 0.5) is 0 Å². The normalized spacial score (nSPS) is 9.35. The van der Waals surface area contributed by atoms with Crippen LogP contribution in [-0.2, 0) is 26.1 Å². The van der Waals surface area contributed by atoms with Gasteiger partial charge in [0.1, 0.15) is 34.5 Å². The van der Waals surface area contributed by atoms with E-state index in [1.54, 1.807) is 0 Å². The molecule has 49 heavy (non-hydrogen) atoms. The van der Waals surface area contributed by atoms with Crippen molar-refractivity contribution in [3.63, 3.8) is 0 Å². The van der Waals surface area contributed by atoms with Gasteiger partial charge < -0.3 is 27.1 Å². The molecule has 0 fully saturated rings. The van der Waals surface area contributed by atoms with Crippen molar-refractivity contribution in [2.24, 2.45) is 0 Å². The molecule has 6 rings (SSSR count). The van der Waals surface area contributed by atoms with E-state index in [0.717, 1.165) is 0 Å². The van der Waals surface area contributed by atoms with Gasteiger partial charge in [0.15, 0.2) is 0 Å². The summed E-state index contributed by atoms with van der Waals surface area (Å²) in [6.07, 6.45) is 0. The van der Waals surface area contributed by atoms with Crippen LogP contribution >= 0.6 is 17.2 Å². The van der Waals surface area contributed by atoms with Gasteiger partial charge in [0.05, 0.1) is 0 Å². The zero-order chi connectivity index (χ0) is 34.1. The molecule has 0 N–H and O–H groups in total. The second-order valence-electron chi connectivity index (χ2n) is 8.87. The summed E-state index contributed by atoms with van der Waals surface area (Å²) in [5.41, 5.74) is 0. The topological polar surface area (TPSA) is 89.5 Å². The van der Waals surface area contributed by atoms with E-state index in [4.69, 9.17) is 36.7 Å². The van der Waals surface area contributed by atoms with E-state index in [9.17, 15) is 0 Å². The minimum Gasteiger partial charge on any atom is -0.409 e. The Balaban J connectivity index is 0.000000303. The molecule has 0 heterocycles. The summed E-state index contributed by atoms with van der Waals surface area (Å²) in [5, 5.41) is 0. The van der Waals surface area contributed by atoms with Gasteiger partial charge in [0, 0.05) is 16.5 Å². The second-order valence-corrected chi connectivity index (χ2v) is 10.9. The molecule has 0 saturated heterocycles. The molecule has 0 saturated carbocycles. The maximum atomic E-state index is 7.50. The maximum Gasteiger partial charge on any atom is 0.530 e.